The number of carboxylic acid groups (broad SMARTS) is 1. The Balaban J connectivity index is 3.42. The Bertz CT molecular complexity index is 329. The van der Waals surface area contributed by atoms with Gasteiger partial charge in [-0.2, -0.15) is 0 Å². The van der Waals surface area contributed by atoms with Crippen molar-refractivity contribution in [3.05, 3.63) is 36.5 Å². The van der Waals surface area contributed by atoms with Gasteiger partial charge in [0.15, 0.2) is 0 Å². The van der Waals surface area contributed by atoms with E-state index in [1.807, 2.05) is 0 Å². The average molecular weight is 294 g/mol. The molecule has 1 atom stereocenters. The molecule has 0 heterocycles. The van der Waals surface area contributed by atoms with Crippen molar-refractivity contribution < 1.29 is 15.0 Å². The molecule has 0 aliphatic heterocycles. The lowest BCUT2D eigenvalue weighted by Gasteiger charge is -2.08. The van der Waals surface area contributed by atoms with E-state index in [-0.39, 0.29) is 12.5 Å². The van der Waals surface area contributed by atoms with Gasteiger partial charge in [0.1, 0.15) is 0 Å². The lowest BCUT2D eigenvalue weighted by Crippen LogP contribution is -2.07. The zero-order valence-corrected chi connectivity index (χ0v) is 13.2. The third kappa shape index (κ3) is 16.6. The van der Waals surface area contributed by atoms with Crippen LogP contribution in [0.4, 0.5) is 0 Å². The Hall–Kier alpha value is -1.35. The monoisotopic (exact) mass is 294 g/mol. The van der Waals surface area contributed by atoms with Gasteiger partial charge < -0.3 is 10.2 Å². The second kappa shape index (κ2) is 15.0. The first-order chi connectivity index (χ1) is 10.2. The highest BCUT2D eigenvalue weighted by Gasteiger charge is 2.04. The van der Waals surface area contributed by atoms with Crippen molar-refractivity contribution in [3.8, 4) is 0 Å². The molecule has 0 bridgehead atoms. The molecule has 0 amide bonds. The molecule has 2 N–H and O–H groups in total. The first kappa shape index (κ1) is 19.7. The number of rotatable bonds is 13. The second-order valence-corrected chi connectivity index (χ2v) is 5.16. The number of hydrogen-bond donors (Lipinski definition) is 2. The van der Waals surface area contributed by atoms with Crippen molar-refractivity contribution >= 4 is 5.97 Å². The highest BCUT2D eigenvalue weighted by Crippen LogP contribution is 2.09. The molecule has 0 rings (SSSR count). The molecule has 0 aliphatic rings. The maximum atomic E-state index is 10.3. The normalized spacial score (nSPS) is 13.6. The van der Waals surface area contributed by atoms with Gasteiger partial charge >= 0.3 is 5.97 Å². The van der Waals surface area contributed by atoms with E-state index in [1.165, 1.54) is 0 Å². The summed E-state index contributed by atoms with van der Waals surface area (Å²) in [4.78, 5) is 10.3. The summed E-state index contributed by atoms with van der Waals surface area (Å²) in [5, 5.41) is 18.2. The molecule has 1 unspecified atom stereocenters. The summed E-state index contributed by atoms with van der Waals surface area (Å²) in [5.41, 5.74) is 0. The number of unbranched alkanes of at least 4 members (excludes halogenated alkanes) is 1. The van der Waals surface area contributed by atoms with Crippen molar-refractivity contribution in [2.75, 3.05) is 0 Å². The predicted octanol–water partition coefficient (Wildman–Crippen LogP) is 4.63. The molecule has 0 saturated carbocycles. The van der Waals surface area contributed by atoms with Crippen molar-refractivity contribution in [2.24, 2.45) is 0 Å². The minimum atomic E-state index is -0.789. The van der Waals surface area contributed by atoms with Crippen molar-refractivity contribution in [1.82, 2.24) is 0 Å². The lowest BCUT2D eigenvalue weighted by molar-refractivity contribution is -0.137. The molecule has 0 aromatic heterocycles. The van der Waals surface area contributed by atoms with E-state index >= 15 is 0 Å². The van der Waals surface area contributed by atoms with Crippen molar-refractivity contribution in [1.29, 1.82) is 0 Å². The topological polar surface area (TPSA) is 57.5 Å². The van der Waals surface area contributed by atoms with Crippen LogP contribution in [-0.2, 0) is 4.79 Å². The fourth-order valence-corrected chi connectivity index (χ4v) is 1.93. The summed E-state index contributed by atoms with van der Waals surface area (Å²) in [7, 11) is 0. The van der Waals surface area contributed by atoms with Crippen LogP contribution in [0.2, 0.25) is 0 Å². The number of carbonyl (C=O) groups is 1. The second-order valence-electron chi connectivity index (χ2n) is 5.16. The summed E-state index contributed by atoms with van der Waals surface area (Å²) in [6.07, 6.45) is 19.6. The summed E-state index contributed by atoms with van der Waals surface area (Å²) in [6, 6.07) is 0. The number of aliphatic hydroxyl groups is 1. The number of aliphatic carboxylic acids is 1. The SMILES string of the molecule is CC/C=C\C/C=C\C/C=C\CCCC(O)CCCC(=O)O. The Kier molecular flexibility index (Phi) is 14.1. The molecular weight excluding hydrogens is 264 g/mol. The lowest BCUT2D eigenvalue weighted by atomic mass is 10.1. The van der Waals surface area contributed by atoms with E-state index in [2.05, 4.69) is 43.4 Å². The number of aliphatic hydroxyl groups excluding tert-OH is 1. The highest BCUT2D eigenvalue weighted by molar-refractivity contribution is 5.66. The smallest absolute Gasteiger partial charge is 0.303 e. The molecule has 3 heteroatoms. The fraction of sp³-hybridized carbons (Fsp3) is 0.611. The van der Waals surface area contributed by atoms with Crippen LogP contribution in [0.3, 0.4) is 0 Å². The van der Waals surface area contributed by atoms with Gasteiger partial charge in [0, 0.05) is 6.42 Å². The first-order valence-electron chi connectivity index (χ1n) is 8.01. The molecule has 21 heavy (non-hydrogen) atoms. The van der Waals surface area contributed by atoms with Gasteiger partial charge in [-0.05, 0) is 51.4 Å². The molecule has 0 fully saturated rings. The maximum absolute atomic E-state index is 10.3. The Morgan fingerprint density at radius 1 is 0.952 bits per heavy atom. The van der Waals surface area contributed by atoms with Crippen molar-refractivity contribution in [2.45, 2.75) is 70.8 Å². The van der Waals surface area contributed by atoms with Gasteiger partial charge in [0.25, 0.3) is 0 Å². The largest absolute Gasteiger partial charge is 0.481 e. The average Bonchev–Trinajstić information content (AvgIpc) is 2.44. The molecule has 120 valence electrons. The summed E-state index contributed by atoms with van der Waals surface area (Å²) in [5.74, 6) is -0.789. The number of allylic oxidation sites excluding steroid dienone is 6. The molecule has 0 spiro atoms. The van der Waals surface area contributed by atoms with Crippen LogP contribution in [0.15, 0.2) is 36.5 Å². The van der Waals surface area contributed by atoms with E-state index < -0.39 is 5.97 Å². The molecule has 0 aromatic rings. The van der Waals surface area contributed by atoms with Gasteiger partial charge in [0.05, 0.1) is 6.10 Å². The zero-order chi connectivity index (χ0) is 15.8. The van der Waals surface area contributed by atoms with Crippen LogP contribution in [-0.4, -0.2) is 22.3 Å². The number of carboxylic acids is 1. The molecule has 0 saturated heterocycles. The van der Waals surface area contributed by atoms with E-state index in [9.17, 15) is 9.90 Å². The summed E-state index contributed by atoms with van der Waals surface area (Å²) < 4.78 is 0. The molecule has 0 radical (unpaired) electrons. The molecule has 0 aliphatic carbocycles. The van der Waals surface area contributed by atoms with Crippen LogP contribution < -0.4 is 0 Å². The highest BCUT2D eigenvalue weighted by atomic mass is 16.4. The summed E-state index contributed by atoms with van der Waals surface area (Å²) in [6.45, 7) is 2.13. The van der Waals surface area contributed by atoms with Gasteiger partial charge in [-0.1, -0.05) is 43.4 Å². The third-order valence-electron chi connectivity index (χ3n) is 3.12. The van der Waals surface area contributed by atoms with Crippen LogP contribution >= 0.6 is 0 Å². The van der Waals surface area contributed by atoms with Crippen LogP contribution in [0.25, 0.3) is 0 Å². The fourth-order valence-electron chi connectivity index (χ4n) is 1.93. The molecule has 0 aromatic carbocycles. The standard InChI is InChI=1S/C18H30O3/c1-2-3-4-5-6-7-8-9-10-11-12-14-17(19)15-13-16-18(20)21/h3-4,6-7,9-10,17,19H,2,5,8,11-16H2,1H3,(H,20,21)/b4-3-,7-6-,10-9-. The van der Waals surface area contributed by atoms with Gasteiger partial charge in [-0.25, -0.2) is 0 Å². The minimum Gasteiger partial charge on any atom is -0.481 e. The van der Waals surface area contributed by atoms with Gasteiger partial charge in [-0.3, -0.25) is 4.79 Å². The number of hydrogen-bond acceptors (Lipinski definition) is 2. The van der Waals surface area contributed by atoms with E-state index in [0.717, 1.165) is 38.5 Å². The first-order valence-corrected chi connectivity index (χ1v) is 8.01. The molecule has 3 nitrogen and oxygen atoms in total. The Morgan fingerprint density at radius 3 is 2.14 bits per heavy atom. The minimum absolute atomic E-state index is 0.150. The van der Waals surface area contributed by atoms with Crippen molar-refractivity contribution in [3.63, 3.8) is 0 Å². The van der Waals surface area contributed by atoms with E-state index in [4.69, 9.17) is 5.11 Å². The van der Waals surface area contributed by atoms with Crippen LogP contribution in [0.5, 0.6) is 0 Å². The van der Waals surface area contributed by atoms with Gasteiger partial charge in [0.2, 0.25) is 0 Å². The molecular formula is C18H30O3. The maximum Gasteiger partial charge on any atom is 0.303 e. The van der Waals surface area contributed by atoms with E-state index in [1.54, 1.807) is 0 Å². The summed E-state index contributed by atoms with van der Waals surface area (Å²) >= 11 is 0. The van der Waals surface area contributed by atoms with Gasteiger partial charge in [-0.15, -0.1) is 0 Å². The van der Waals surface area contributed by atoms with E-state index in [0.29, 0.717) is 12.8 Å². The van der Waals surface area contributed by atoms with Crippen LogP contribution in [0.1, 0.15) is 64.7 Å². The Labute approximate surface area is 129 Å². The quantitative estimate of drug-likeness (QED) is 0.384. The zero-order valence-electron chi connectivity index (χ0n) is 13.2. The Morgan fingerprint density at radius 2 is 1.52 bits per heavy atom. The third-order valence-corrected chi connectivity index (χ3v) is 3.12. The predicted molar refractivity (Wildman–Crippen MR) is 88.3 cm³/mol. The van der Waals surface area contributed by atoms with Crippen LogP contribution in [0, 0.1) is 0 Å².